The number of hydrogen-bond acceptors (Lipinski definition) is 0. The Balaban J connectivity index is 3.44. The zero-order chi connectivity index (χ0) is 11.2. The largest absolute Gasteiger partial charge is 0.0845 e. The van der Waals surface area contributed by atoms with Crippen molar-refractivity contribution in [2.45, 2.75) is 39.0 Å². The summed E-state index contributed by atoms with van der Waals surface area (Å²) >= 11 is 0. The quantitative estimate of drug-likeness (QED) is 0.384. The average Bonchev–Trinajstić information content (AvgIpc) is 2.26. The third-order valence-corrected chi connectivity index (χ3v) is 1.97. The van der Waals surface area contributed by atoms with Gasteiger partial charge in [0.15, 0.2) is 0 Å². The van der Waals surface area contributed by atoms with E-state index in [1.54, 1.807) is 0 Å². The lowest BCUT2D eigenvalue weighted by Gasteiger charge is -1.89. The third-order valence-electron chi connectivity index (χ3n) is 1.97. The van der Waals surface area contributed by atoms with Gasteiger partial charge in [-0.05, 0) is 26.2 Å². The minimum Gasteiger partial charge on any atom is -0.0845 e. The second kappa shape index (κ2) is 13.0. The maximum atomic E-state index is 3.72. The summed E-state index contributed by atoms with van der Waals surface area (Å²) in [5, 5.41) is 0. The molecule has 0 unspecified atom stereocenters. The van der Waals surface area contributed by atoms with Crippen LogP contribution in [-0.2, 0) is 0 Å². The minimum atomic E-state index is 0.853. The van der Waals surface area contributed by atoms with Crippen LogP contribution in [0.25, 0.3) is 0 Å². The molecule has 0 aliphatic heterocycles. The summed E-state index contributed by atoms with van der Waals surface area (Å²) in [7, 11) is 0. The Labute approximate surface area is 95.1 Å². The molecule has 0 saturated heterocycles. The van der Waals surface area contributed by atoms with E-state index >= 15 is 0 Å². The first-order chi connectivity index (χ1) is 7.41. The molecular formula is C15H23. The topological polar surface area (TPSA) is 0 Å². The van der Waals surface area contributed by atoms with E-state index in [1.807, 2.05) is 30.4 Å². The van der Waals surface area contributed by atoms with Crippen LogP contribution in [0, 0.1) is 6.92 Å². The van der Waals surface area contributed by atoms with Gasteiger partial charge in [0.1, 0.15) is 0 Å². The molecule has 0 aromatic rings. The maximum absolute atomic E-state index is 3.72. The van der Waals surface area contributed by atoms with E-state index in [0.29, 0.717) is 0 Å². The van der Waals surface area contributed by atoms with Gasteiger partial charge in [-0.15, -0.1) is 0 Å². The van der Waals surface area contributed by atoms with Crippen LogP contribution in [0.2, 0.25) is 0 Å². The van der Waals surface area contributed by atoms with E-state index < -0.39 is 0 Å². The highest BCUT2D eigenvalue weighted by atomic mass is 13.9. The summed E-state index contributed by atoms with van der Waals surface area (Å²) in [6.07, 6.45) is 22.6. The Kier molecular flexibility index (Phi) is 12.1. The van der Waals surface area contributed by atoms with Gasteiger partial charge in [0, 0.05) is 0 Å². The van der Waals surface area contributed by atoms with Gasteiger partial charge in [-0.3, -0.25) is 0 Å². The first-order valence-corrected chi connectivity index (χ1v) is 5.86. The summed E-state index contributed by atoms with van der Waals surface area (Å²) in [5.74, 6) is 0. The van der Waals surface area contributed by atoms with Crippen LogP contribution in [0.15, 0.2) is 48.6 Å². The summed E-state index contributed by atoms with van der Waals surface area (Å²) in [4.78, 5) is 0. The van der Waals surface area contributed by atoms with Gasteiger partial charge in [-0.2, -0.15) is 0 Å². The molecule has 0 bridgehead atoms. The van der Waals surface area contributed by atoms with Crippen molar-refractivity contribution in [3.8, 4) is 0 Å². The smallest absolute Gasteiger partial charge is 0.0347 e. The molecule has 0 rings (SSSR count). The van der Waals surface area contributed by atoms with Crippen LogP contribution < -0.4 is 0 Å². The van der Waals surface area contributed by atoms with Crippen LogP contribution in [0.1, 0.15) is 39.0 Å². The van der Waals surface area contributed by atoms with Crippen molar-refractivity contribution >= 4 is 0 Å². The van der Waals surface area contributed by atoms with Crippen LogP contribution in [0.4, 0.5) is 0 Å². The molecule has 0 heterocycles. The number of rotatable bonds is 8. The molecule has 0 aromatic heterocycles. The van der Waals surface area contributed by atoms with E-state index in [9.17, 15) is 0 Å². The fourth-order valence-corrected chi connectivity index (χ4v) is 1.12. The first kappa shape index (κ1) is 14.0. The number of hydrogen-bond donors (Lipinski definition) is 0. The molecule has 0 nitrogen and oxygen atoms in total. The number of unbranched alkanes of at least 4 members (excludes halogenated alkanes) is 3. The summed E-state index contributed by atoms with van der Waals surface area (Å²) < 4.78 is 0. The highest BCUT2D eigenvalue weighted by Gasteiger charge is 1.79. The second-order valence-corrected chi connectivity index (χ2v) is 3.41. The van der Waals surface area contributed by atoms with Crippen molar-refractivity contribution in [3.05, 3.63) is 55.5 Å². The highest BCUT2D eigenvalue weighted by molar-refractivity contribution is 5.15. The standard InChI is InChI=1S/C15H23/c1-3-5-7-9-11-13-15-14-12-10-8-6-4-2/h5,7,9,11-15H,1,3-4,6,8,10H2,2H3. The summed E-state index contributed by atoms with van der Waals surface area (Å²) in [5.41, 5.74) is 0. The van der Waals surface area contributed by atoms with Gasteiger partial charge < -0.3 is 0 Å². The molecule has 0 saturated carbocycles. The number of allylic oxidation sites excluding steroid dienone is 8. The van der Waals surface area contributed by atoms with Crippen LogP contribution in [0.3, 0.4) is 0 Å². The SMILES string of the molecule is [CH2]CC=CC=CC=CC=CCCCCC. The van der Waals surface area contributed by atoms with Crippen molar-refractivity contribution in [2.75, 3.05) is 0 Å². The van der Waals surface area contributed by atoms with E-state index in [0.717, 1.165) is 6.42 Å². The maximum Gasteiger partial charge on any atom is -0.0347 e. The van der Waals surface area contributed by atoms with Crippen molar-refractivity contribution in [2.24, 2.45) is 0 Å². The minimum absolute atomic E-state index is 0.853. The van der Waals surface area contributed by atoms with E-state index in [2.05, 4.69) is 32.1 Å². The van der Waals surface area contributed by atoms with Gasteiger partial charge in [0.05, 0.1) is 0 Å². The molecule has 83 valence electrons. The summed E-state index contributed by atoms with van der Waals surface area (Å²) in [6.45, 7) is 5.95. The van der Waals surface area contributed by atoms with Crippen molar-refractivity contribution in [3.63, 3.8) is 0 Å². The molecule has 0 atom stereocenters. The van der Waals surface area contributed by atoms with Gasteiger partial charge in [-0.1, -0.05) is 68.4 Å². The molecule has 1 radical (unpaired) electrons. The molecule has 0 spiro atoms. The summed E-state index contributed by atoms with van der Waals surface area (Å²) in [6, 6.07) is 0. The normalized spacial score (nSPS) is 12.9. The lowest BCUT2D eigenvalue weighted by molar-refractivity contribution is 0.729. The fourth-order valence-electron chi connectivity index (χ4n) is 1.12. The van der Waals surface area contributed by atoms with Crippen LogP contribution in [-0.4, -0.2) is 0 Å². The lowest BCUT2D eigenvalue weighted by atomic mass is 10.2. The van der Waals surface area contributed by atoms with Gasteiger partial charge in [-0.25, -0.2) is 0 Å². The Hall–Kier alpha value is -1.04. The predicted molar refractivity (Wildman–Crippen MR) is 70.7 cm³/mol. The third kappa shape index (κ3) is 13.0. The second-order valence-electron chi connectivity index (χ2n) is 3.41. The molecule has 0 heteroatoms. The Morgan fingerprint density at radius 2 is 1.40 bits per heavy atom. The van der Waals surface area contributed by atoms with Crippen molar-refractivity contribution < 1.29 is 0 Å². The molecule has 15 heavy (non-hydrogen) atoms. The Morgan fingerprint density at radius 1 is 0.800 bits per heavy atom. The molecule has 0 fully saturated rings. The van der Waals surface area contributed by atoms with Gasteiger partial charge in [0.25, 0.3) is 0 Å². The lowest BCUT2D eigenvalue weighted by Crippen LogP contribution is -1.69. The monoisotopic (exact) mass is 203 g/mol. The average molecular weight is 203 g/mol. The molecular weight excluding hydrogens is 180 g/mol. The van der Waals surface area contributed by atoms with Crippen molar-refractivity contribution in [1.82, 2.24) is 0 Å². The zero-order valence-electron chi connectivity index (χ0n) is 9.86. The molecule has 0 N–H and O–H groups in total. The van der Waals surface area contributed by atoms with E-state index in [1.165, 1.54) is 25.7 Å². The fraction of sp³-hybridized carbons (Fsp3) is 0.400. The molecule has 0 aromatic carbocycles. The molecule has 0 amide bonds. The molecule has 0 aliphatic carbocycles. The van der Waals surface area contributed by atoms with Gasteiger partial charge >= 0.3 is 0 Å². The van der Waals surface area contributed by atoms with E-state index in [4.69, 9.17) is 0 Å². The van der Waals surface area contributed by atoms with Gasteiger partial charge in [0.2, 0.25) is 0 Å². The van der Waals surface area contributed by atoms with Crippen molar-refractivity contribution in [1.29, 1.82) is 0 Å². The predicted octanol–water partition coefficient (Wildman–Crippen LogP) is 5.02. The zero-order valence-corrected chi connectivity index (χ0v) is 9.86. The first-order valence-electron chi connectivity index (χ1n) is 5.86. The Bertz CT molecular complexity index is 216. The van der Waals surface area contributed by atoms with Crippen LogP contribution in [0.5, 0.6) is 0 Å². The highest BCUT2D eigenvalue weighted by Crippen LogP contribution is 1.99. The van der Waals surface area contributed by atoms with E-state index in [-0.39, 0.29) is 0 Å². The Morgan fingerprint density at radius 3 is 2.00 bits per heavy atom. The van der Waals surface area contributed by atoms with Crippen LogP contribution >= 0.6 is 0 Å². The molecule has 0 aliphatic rings.